The number of carbonyl (C=O) groups excluding carboxylic acids is 1. The smallest absolute Gasteiger partial charge is 0.408 e. The molecule has 1 amide bonds. The average molecular weight is 307 g/mol. The number of benzene rings is 1. The molecule has 6 nitrogen and oxygen atoms in total. The van der Waals surface area contributed by atoms with Gasteiger partial charge in [0, 0.05) is 0 Å². The lowest BCUT2D eigenvalue weighted by Gasteiger charge is -2.25. The van der Waals surface area contributed by atoms with Crippen LogP contribution in [0.15, 0.2) is 30.3 Å². The molecule has 0 heterocycles. The standard InChI is InChI=1S/C16H21NO5/c1-14(2,3)22-13(21)17-16(12(19)20)9-15(16,10-18)11-7-5-4-6-8-11/h4-8,18H,9-10H2,1-3H3,(H,17,21)(H,19,20)/t15-,16+/m1/s1. The average Bonchev–Trinajstić information content (AvgIpc) is 3.08. The van der Waals surface area contributed by atoms with Gasteiger partial charge in [0.05, 0.1) is 12.0 Å². The summed E-state index contributed by atoms with van der Waals surface area (Å²) < 4.78 is 5.14. The topological polar surface area (TPSA) is 95.9 Å². The largest absolute Gasteiger partial charge is 0.479 e. The second-order valence-corrected chi connectivity index (χ2v) is 6.62. The Hall–Kier alpha value is -2.08. The number of carboxylic acids is 1. The molecular weight excluding hydrogens is 286 g/mol. The van der Waals surface area contributed by atoms with E-state index in [4.69, 9.17) is 4.74 Å². The Labute approximate surface area is 129 Å². The van der Waals surface area contributed by atoms with Gasteiger partial charge in [-0.15, -0.1) is 0 Å². The Morgan fingerprint density at radius 1 is 1.27 bits per heavy atom. The van der Waals surface area contributed by atoms with Crippen molar-refractivity contribution in [2.45, 2.75) is 43.7 Å². The molecule has 0 radical (unpaired) electrons. The number of aliphatic hydroxyl groups excluding tert-OH is 1. The molecule has 0 aliphatic heterocycles. The summed E-state index contributed by atoms with van der Waals surface area (Å²) in [7, 11) is 0. The van der Waals surface area contributed by atoms with Crippen molar-refractivity contribution < 1.29 is 24.5 Å². The van der Waals surface area contributed by atoms with Crippen LogP contribution in [0, 0.1) is 0 Å². The molecule has 0 bridgehead atoms. The highest BCUT2D eigenvalue weighted by atomic mass is 16.6. The minimum absolute atomic E-state index is 0.120. The molecule has 0 spiro atoms. The van der Waals surface area contributed by atoms with Gasteiger partial charge in [0.25, 0.3) is 0 Å². The molecule has 120 valence electrons. The van der Waals surface area contributed by atoms with Crippen LogP contribution < -0.4 is 5.32 Å². The highest BCUT2D eigenvalue weighted by molar-refractivity contribution is 5.91. The van der Waals surface area contributed by atoms with Gasteiger partial charge < -0.3 is 20.3 Å². The minimum Gasteiger partial charge on any atom is -0.479 e. The van der Waals surface area contributed by atoms with Gasteiger partial charge in [-0.25, -0.2) is 9.59 Å². The molecule has 2 atom stereocenters. The molecular formula is C16H21NO5. The zero-order valence-electron chi connectivity index (χ0n) is 12.9. The molecule has 1 aromatic carbocycles. The van der Waals surface area contributed by atoms with E-state index in [-0.39, 0.29) is 13.0 Å². The molecule has 1 aliphatic carbocycles. The number of amides is 1. The summed E-state index contributed by atoms with van der Waals surface area (Å²) in [6, 6.07) is 8.84. The van der Waals surface area contributed by atoms with Crippen molar-refractivity contribution in [2.75, 3.05) is 6.61 Å². The molecule has 6 heteroatoms. The van der Waals surface area contributed by atoms with Crippen LogP contribution in [0.1, 0.15) is 32.8 Å². The lowest BCUT2D eigenvalue weighted by Crippen LogP contribution is -2.51. The highest BCUT2D eigenvalue weighted by Gasteiger charge is 2.74. The van der Waals surface area contributed by atoms with Crippen molar-refractivity contribution in [2.24, 2.45) is 0 Å². The van der Waals surface area contributed by atoms with E-state index in [2.05, 4.69) is 5.32 Å². The second-order valence-electron chi connectivity index (χ2n) is 6.62. The molecule has 22 heavy (non-hydrogen) atoms. The van der Waals surface area contributed by atoms with Crippen molar-refractivity contribution in [3.63, 3.8) is 0 Å². The first-order valence-corrected chi connectivity index (χ1v) is 7.08. The number of aliphatic carboxylic acids is 1. The van der Waals surface area contributed by atoms with Gasteiger partial charge in [-0.2, -0.15) is 0 Å². The fourth-order valence-corrected chi connectivity index (χ4v) is 2.77. The number of nitrogens with one attached hydrogen (secondary N) is 1. The molecule has 1 saturated carbocycles. The Bertz CT molecular complexity index is 580. The Morgan fingerprint density at radius 2 is 1.86 bits per heavy atom. The van der Waals surface area contributed by atoms with Gasteiger partial charge in [0.1, 0.15) is 5.60 Å². The third kappa shape index (κ3) is 2.66. The first-order valence-electron chi connectivity index (χ1n) is 7.08. The predicted molar refractivity (Wildman–Crippen MR) is 79.6 cm³/mol. The SMILES string of the molecule is CC(C)(C)OC(=O)N[C@]1(C(=O)O)C[C@@]1(CO)c1ccccc1. The van der Waals surface area contributed by atoms with E-state index in [0.717, 1.165) is 0 Å². The summed E-state index contributed by atoms with van der Waals surface area (Å²) in [5, 5.41) is 21.8. The molecule has 0 aromatic heterocycles. The third-order valence-corrected chi connectivity index (χ3v) is 3.93. The van der Waals surface area contributed by atoms with Gasteiger partial charge in [-0.3, -0.25) is 0 Å². The van der Waals surface area contributed by atoms with Gasteiger partial charge in [0.2, 0.25) is 0 Å². The second kappa shape index (κ2) is 5.28. The fraction of sp³-hybridized carbons (Fsp3) is 0.500. The van der Waals surface area contributed by atoms with Crippen molar-refractivity contribution >= 4 is 12.1 Å². The first kappa shape index (κ1) is 16.3. The number of hydrogen-bond donors (Lipinski definition) is 3. The normalized spacial score (nSPS) is 27.1. The molecule has 1 fully saturated rings. The van der Waals surface area contributed by atoms with Gasteiger partial charge >= 0.3 is 12.1 Å². The Morgan fingerprint density at radius 3 is 2.32 bits per heavy atom. The number of aliphatic hydroxyl groups is 1. The lowest BCUT2D eigenvalue weighted by atomic mass is 9.91. The van der Waals surface area contributed by atoms with E-state index in [0.29, 0.717) is 5.56 Å². The van der Waals surface area contributed by atoms with Crippen LogP contribution in [-0.4, -0.2) is 40.0 Å². The van der Waals surface area contributed by atoms with Crippen LogP contribution in [0.4, 0.5) is 4.79 Å². The number of ether oxygens (including phenoxy) is 1. The summed E-state index contributed by atoms with van der Waals surface area (Å²) in [5.74, 6) is -1.18. The van der Waals surface area contributed by atoms with E-state index >= 15 is 0 Å². The van der Waals surface area contributed by atoms with E-state index in [1.54, 1.807) is 51.1 Å². The number of hydrogen-bond acceptors (Lipinski definition) is 4. The van der Waals surface area contributed by atoms with Crippen molar-refractivity contribution in [3.8, 4) is 0 Å². The maximum Gasteiger partial charge on any atom is 0.408 e. The van der Waals surface area contributed by atoms with Crippen LogP contribution in [-0.2, 0) is 14.9 Å². The first-order chi connectivity index (χ1) is 10.2. The van der Waals surface area contributed by atoms with Gasteiger partial charge in [-0.1, -0.05) is 30.3 Å². The molecule has 0 saturated heterocycles. The summed E-state index contributed by atoms with van der Waals surface area (Å²) in [6.07, 6.45) is -0.684. The van der Waals surface area contributed by atoms with Crippen LogP contribution in [0.25, 0.3) is 0 Å². The summed E-state index contributed by atoms with van der Waals surface area (Å²) in [6.45, 7) is 4.72. The monoisotopic (exact) mass is 307 g/mol. The zero-order chi connectivity index (χ0) is 16.6. The van der Waals surface area contributed by atoms with Crippen LogP contribution in [0.5, 0.6) is 0 Å². The van der Waals surface area contributed by atoms with Gasteiger partial charge in [0.15, 0.2) is 5.54 Å². The summed E-state index contributed by atoms with van der Waals surface area (Å²) in [5.41, 5.74) is -2.63. The van der Waals surface area contributed by atoms with Crippen LogP contribution >= 0.6 is 0 Å². The molecule has 0 unspecified atom stereocenters. The van der Waals surface area contributed by atoms with Crippen LogP contribution in [0.2, 0.25) is 0 Å². The van der Waals surface area contributed by atoms with E-state index in [1.807, 2.05) is 0 Å². The quantitative estimate of drug-likeness (QED) is 0.786. The summed E-state index contributed by atoms with van der Waals surface area (Å²) >= 11 is 0. The number of alkyl carbamates (subject to hydrolysis) is 1. The number of rotatable bonds is 4. The molecule has 2 rings (SSSR count). The van der Waals surface area contributed by atoms with E-state index in [1.165, 1.54) is 0 Å². The lowest BCUT2D eigenvalue weighted by molar-refractivity contribution is -0.141. The minimum atomic E-state index is -1.55. The highest BCUT2D eigenvalue weighted by Crippen LogP contribution is 2.57. The van der Waals surface area contributed by atoms with Crippen molar-refractivity contribution in [1.82, 2.24) is 5.32 Å². The zero-order valence-corrected chi connectivity index (χ0v) is 12.9. The van der Waals surface area contributed by atoms with E-state index < -0.39 is 28.6 Å². The molecule has 3 N–H and O–H groups in total. The Kier molecular flexibility index (Phi) is 3.91. The number of carboxylic acid groups (broad SMARTS) is 1. The third-order valence-electron chi connectivity index (χ3n) is 3.93. The summed E-state index contributed by atoms with van der Waals surface area (Å²) in [4.78, 5) is 23.7. The van der Waals surface area contributed by atoms with E-state index in [9.17, 15) is 19.8 Å². The van der Waals surface area contributed by atoms with Crippen molar-refractivity contribution in [1.29, 1.82) is 0 Å². The number of carbonyl (C=O) groups is 2. The fourth-order valence-electron chi connectivity index (χ4n) is 2.77. The predicted octanol–water partition coefficient (Wildman–Crippen LogP) is 1.67. The molecule has 1 aliphatic rings. The maximum atomic E-state index is 12.0. The Balaban J connectivity index is 2.29. The maximum absolute atomic E-state index is 12.0. The molecule has 1 aromatic rings. The van der Waals surface area contributed by atoms with Crippen molar-refractivity contribution in [3.05, 3.63) is 35.9 Å². The van der Waals surface area contributed by atoms with Crippen LogP contribution in [0.3, 0.4) is 0 Å². The van der Waals surface area contributed by atoms with Gasteiger partial charge in [-0.05, 0) is 32.8 Å².